The molecule has 1 aromatic rings. The van der Waals surface area contributed by atoms with E-state index in [1.165, 1.54) is 6.92 Å². The first-order valence-electron chi connectivity index (χ1n) is 3.57. The zero-order valence-electron chi connectivity index (χ0n) is 6.59. The van der Waals surface area contributed by atoms with Crippen LogP contribution in [0.25, 0.3) is 0 Å². The number of hydrogen-bond acceptors (Lipinski definition) is 2. The maximum Gasteiger partial charge on any atom is 0.147 e. The predicted molar refractivity (Wildman–Crippen MR) is 39.5 cm³/mol. The predicted octanol–water partition coefficient (Wildman–Crippen LogP) is 1.28. The zero-order chi connectivity index (χ0) is 9.14. The lowest BCUT2D eigenvalue weighted by Gasteiger charge is -2.05. The third-order valence-electron chi connectivity index (χ3n) is 1.45. The van der Waals surface area contributed by atoms with Crippen molar-refractivity contribution in [2.24, 2.45) is 0 Å². The molecule has 0 spiro atoms. The molecule has 12 heavy (non-hydrogen) atoms. The molecule has 0 fully saturated rings. The molecule has 0 unspecified atom stereocenters. The highest BCUT2D eigenvalue weighted by atomic mass is 19.1. The van der Waals surface area contributed by atoms with Crippen molar-refractivity contribution >= 4 is 0 Å². The molecule has 2 nitrogen and oxygen atoms in total. The summed E-state index contributed by atoms with van der Waals surface area (Å²) in [4.78, 5) is 3.32. The first-order valence-corrected chi connectivity index (χ1v) is 3.57. The van der Waals surface area contributed by atoms with Crippen LogP contribution >= 0.6 is 0 Å². The maximum absolute atomic E-state index is 12.8. The van der Waals surface area contributed by atoms with Gasteiger partial charge >= 0.3 is 0 Å². The van der Waals surface area contributed by atoms with E-state index in [0.29, 0.717) is 0 Å². The van der Waals surface area contributed by atoms with Gasteiger partial charge in [-0.25, -0.2) is 8.78 Å². The van der Waals surface area contributed by atoms with Crippen molar-refractivity contribution in [2.75, 3.05) is 0 Å². The van der Waals surface area contributed by atoms with Gasteiger partial charge in [-0.05, 0) is 6.92 Å². The summed E-state index contributed by atoms with van der Waals surface area (Å²) in [7, 11) is 0. The highest BCUT2D eigenvalue weighted by molar-refractivity contribution is 5.15. The van der Waals surface area contributed by atoms with E-state index >= 15 is 0 Å². The molecule has 4 heteroatoms. The molecular weight excluding hydrogens is 164 g/mol. The van der Waals surface area contributed by atoms with Crippen molar-refractivity contribution < 1.29 is 13.9 Å². The van der Waals surface area contributed by atoms with Gasteiger partial charge in [0.2, 0.25) is 0 Å². The van der Waals surface area contributed by atoms with Crippen LogP contribution in [-0.4, -0.2) is 16.2 Å². The number of nitrogens with zero attached hydrogens (tertiary/aromatic N) is 1. The number of pyridine rings is 1. The molecule has 0 aliphatic rings. The second-order valence-electron chi connectivity index (χ2n) is 2.63. The van der Waals surface area contributed by atoms with Crippen LogP contribution in [0.2, 0.25) is 0 Å². The van der Waals surface area contributed by atoms with E-state index in [4.69, 9.17) is 5.11 Å². The van der Waals surface area contributed by atoms with Gasteiger partial charge in [0.25, 0.3) is 0 Å². The normalized spacial score (nSPS) is 13.0. The van der Waals surface area contributed by atoms with Crippen LogP contribution in [0.15, 0.2) is 12.4 Å². The molecule has 0 amide bonds. The van der Waals surface area contributed by atoms with Crippen LogP contribution < -0.4 is 0 Å². The average molecular weight is 173 g/mol. The van der Waals surface area contributed by atoms with Crippen molar-refractivity contribution in [2.45, 2.75) is 19.4 Å². The smallest absolute Gasteiger partial charge is 0.147 e. The quantitative estimate of drug-likeness (QED) is 0.730. The van der Waals surface area contributed by atoms with E-state index in [-0.39, 0.29) is 12.0 Å². The van der Waals surface area contributed by atoms with Crippen molar-refractivity contribution in [3.05, 3.63) is 29.6 Å². The first-order chi connectivity index (χ1) is 5.61. The summed E-state index contributed by atoms with van der Waals surface area (Å²) in [5.41, 5.74) is -0.111. The van der Waals surface area contributed by atoms with Crippen LogP contribution in [0.5, 0.6) is 0 Å². The van der Waals surface area contributed by atoms with Crippen LogP contribution in [0, 0.1) is 11.6 Å². The second-order valence-corrected chi connectivity index (χ2v) is 2.63. The Balaban J connectivity index is 2.96. The monoisotopic (exact) mass is 173 g/mol. The lowest BCUT2D eigenvalue weighted by molar-refractivity contribution is 0.192. The van der Waals surface area contributed by atoms with Gasteiger partial charge in [0, 0.05) is 12.0 Å². The molecule has 1 heterocycles. The Kier molecular flexibility index (Phi) is 2.70. The average Bonchev–Trinajstić information content (AvgIpc) is 1.97. The molecule has 1 aromatic heterocycles. The maximum atomic E-state index is 12.8. The summed E-state index contributed by atoms with van der Waals surface area (Å²) in [6.07, 6.45) is 1.08. The van der Waals surface area contributed by atoms with Gasteiger partial charge in [-0.3, -0.25) is 4.98 Å². The SMILES string of the molecule is C[C@H](O)Cc1c(F)cncc1F. The minimum atomic E-state index is -0.753. The molecule has 0 aliphatic heterocycles. The third-order valence-corrected chi connectivity index (χ3v) is 1.45. The summed E-state index contributed by atoms with van der Waals surface area (Å²) >= 11 is 0. The topological polar surface area (TPSA) is 33.1 Å². The number of rotatable bonds is 2. The molecule has 66 valence electrons. The molecule has 0 bridgehead atoms. The van der Waals surface area contributed by atoms with Gasteiger partial charge in [-0.15, -0.1) is 0 Å². The van der Waals surface area contributed by atoms with Crippen molar-refractivity contribution in [3.63, 3.8) is 0 Å². The van der Waals surface area contributed by atoms with E-state index < -0.39 is 17.7 Å². The minimum Gasteiger partial charge on any atom is -0.393 e. The van der Waals surface area contributed by atoms with Crippen molar-refractivity contribution in [1.82, 2.24) is 4.98 Å². The van der Waals surface area contributed by atoms with Crippen LogP contribution in [0.1, 0.15) is 12.5 Å². The zero-order valence-corrected chi connectivity index (χ0v) is 6.59. The van der Waals surface area contributed by atoms with Gasteiger partial charge in [0.15, 0.2) is 0 Å². The fraction of sp³-hybridized carbons (Fsp3) is 0.375. The molecule has 0 radical (unpaired) electrons. The van der Waals surface area contributed by atoms with E-state index in [1.54, 1.807) is 0 Å². The highest BCUT2D eigenvalue weighted by Crippen LogP contribution is 2.12. The standard InChI is InChI=1S/C8H9F2NO/c1-5(12)2-6-7(9)3-11-4-8(6)10/h3-5,12H,2H2,1H3/t5-/m0/s1. The Morgan fingerprint density at radius 3 is 2.33 bits per heavy atom. The summed E-state index contributed by atoms with van der Waals surface area (Å²) in [6.45, 7) is 1.47. The second kappa shape index (κ2) is 3.58. The number of halogens is 2. The van der Waals surface area contributed by atoms with Crippen LogP contribution in [0.4, 0.5) is 8.78 Å². The molecular formula is C8H9F2NO. The number of hydrogen-bond donors (Lipinski definition) is 1. The number of aliphatic hydroxyl groups is 1. The van der Waals surface area contributed by atoms with Gasteiger partial charge < -0.3 is 5.11 Å². The van der Waals surface area contributed by atoms with E-state index in [1.807, 2.05) is 0 Å². The van der Waals surface area contributed by atoms with E-state index in [0.717, 1.165) is 12.4 Å². The molecule has 0 saturated carbocycles. The molecule has 0 saturated heterocycles. The minimum absolute atomic E-state index is 0.0276. The van der Waals surface area contributed by atoms with Crippen molar-refractivity contribution in [3.8, 4) is 0 Å². The number of aromatic nitrogens is 1. The van der Waals surface area contributed by atoms with E-state index in [2.05, 4.69) is 4.98 Å². The molecule has 1 atom stereocenters. The fourth-order valence-electron chi connectivity index (χ4n) is 0.928. The van der Waals surface area contributed by atoms with Crippen molar-refractivity contribution in [1.29, 1.82) is 0 Å². The molecule has 0 aromatic carbocycles. The Morgan fingerprint density at radius 1 is 1.42 bits per heavy atom. The van der Waals surface area contributed by atoms with Gasteiger partial charge in [-0.1, -0.05) is 0 Å². The largest absolute Gasteiger partial charge is 0.393 e. The molecule has 1 N–H and O–H groups in total. The fourth-order valence-corrected chi connectivity index (χ4v) is 0.928. The van der Waals surface area contributed by atoms with Gasteiger partial charge in [-0.2, -0.15) is 0 Å². The van der Waals surface area contributed by atoms with E-state index in [9.17, 15) is 8.78 Å². The Hall–Kier alpha value is -1.03. The van der Waals surface area contributed by atoms with Crippen LogP contribution in [-0.2, 0) is 6.42 Å². The summed E-state index contributed by atoms with van der Waals surface area (Å²) in [5.74, 6) is -1.42. The lowest BCUT2D eigenvalue weighted by Crippen LogP contribution is -2.08. The lowest BCUT2D eigenvalue weighted by atomic mass is 10.1. The van der Waals surface area contributed by atoms with Gasteiger partial charge in [0.1, 0.15) is 11.6 Å². The molecule has 1 rings (SSSR count). The number of aliphatic hydroxyl groups excluding tert-OH is 1. The third kappa shape index (κ3) is 1.98. The summed E-state index contributed by atoms with van der Waals surface area (Å²) < 4.78 is 25.6. The summed E-state index contributed by atoms with van der Waals surface area (Å²) in [5, 5.41) is 8.90. The van der Waals surface area contributed by atoms with Crippen LogP contribution in [0.3, 0.4) is 0 Å². The summed E-state index contributed by atoms with van der Waals surface area (Å²) in [6, 6.07) is 0. The van der Waals surface area contributed by atoms with Gasteiger partial charge in [0.05, 0.1) is 18.5 Å². The first kappa shape index (κ1) is 9.06. The Bertz CT molecular complexity index is 256. The molecule has 0 aliphatic carbocycles. The Labute approximate surface area is 68.9 Å². The highest BCUT2D eigenvalue weighted by Gasteiger charge is 2.10. The Morgan fingerprint density at radius 2 is 1.92 bits per heavy atom.